The van der Waals surface area contributed by atoms with Crippen molar-refractivity contribution < 1.29 is 19.5 Å². The van der Waals surface area contributed by atoms with Gasteiger partial charge in [0.05, 0.1) is 11.4 Å². The number of phenols is 1. The maximum atomic E-state index is 13.1. The van der Waals surface area contributed by atoms with E-state index in [4.69, 9.17) is 11.6 Å². The molecule has 0 fully saturated rings. The van der Waals surface area contributed by atoms with E-state index in [1.807, 2.05) is 6.92 Å². The number of phenolic OH excluding ortho intramolecular Hbond substituents is 1. The molecule has 0 bridgehead atoms. The summed E-state index contributed by atoms with van der Waals surface area (Å²) in [4.78, 5) is 39.5. The number of carbonyl (C=O) groups excluding carboxylic acids is 3. The molecule has 0 radical (unpaired) electrons. The van der Waals surface area contributed by atoms with Crippen LogP contribution in [0.5, 0.6) is 5.75 Å². The van der Waals surface area contributed by atoms with Gasteiger partial charge in [0.1, 0.15) is 12.2 Å². The van der Waals surface area contributed by atoms with Crippen molar-refractivity contribution in [2.24, 2.45) is 5.10 Å². The van der Waals surface area contributed by atoms with Crippen molar-refractivity contribution in [2.45, 2.75) is 20.3 Å². The van der Waals surface area contributed by atoms with Crippen LogP contribution in [0.3, 0.4) is 0 Å². The molecule has 168 valence electrons. The molecule has 2 N–H and O–H groups in total. The maximum absolute atomic E-state index is 13.1. The molecule has 0 aliphatic heterocycles. The highest BCUT2D eigenvalue weighted by Crippen LogP contribution is 2.21. The molecule has 0 atom stereocenters. The fourth-order valence-corrected chi connectivity index (χ4v) is 3.16. The number of rotatable bonds is 6. The number of aryl methyl sites for hydroxylation is 1. The van der Waals surface area contributed by atoms with E-state index in [0.717, 1.165) is 10.5 Å². The highest BCUT2D eigenvalue weighted by Gasteiger charge is 2.26. The minimum atomic E-state index is -0.716. The number of hydrogen-bond donors (Lipinski definition) is 2. The number of anilines is 1. The van der Waals surface area contributed by atoms with E-state index in [1.54, 1.807) is 61.5 Å². The number of amides is 3. The van der Waals surface area contributed by atoms with Gasteiger partial charge in [-0.05, 0) is 62.4 Å². The summed E-state index contributed by atoms with van der Waals surface area (Å²) in [6.45, 7) is 3.50. The van der Waals surface area contributed by atoms with Crippen molar-refractivity contribution in [2.75, 3.05) is 4.90 Å². The van der Waals surface area contributed by atoms with Crippen molar-refractivity contribution in [1.29, 1.82) is 0 Å². The Balaban J connectivity index is 1.79. The van der Waals surface area contributed by atoms with Gasteiger partial charge in [-0.25, -0.2) is 10.3 Å². The third kappa shape index (κ3) is 6.05. The number of benzene rings is 3. The van der Waals surface area contributed by atoms with Gasteiger partial charge in [-0.3, -0.25) is 14.4 Å². The summed E-state index contributed by atoms with van der Waals surface area (Å²) >= 11 is 5.90. The number of imide groups is 1. The molecule has 0 aromatic heterocycles. The number of aromatic hydroxyl groups is 1. The number of nitrogens with zero attached hydrogens (tertiary/aromatic N) is 2. The lowest BCUT2D eigenvalue weighted by molar-refractivity contribution is -0.127. The average molecular weight is 464 g/mol. The van der Waals surface area contributed by atoms with Gasteiger partial charge in [0.2, 0.25) is 11.8 Å². The zero-order valence-corrected chi connectivity index (χ0v) is 18.8. The van der Waals surface area contributed by atoms with E-state index in [1.165, 1.54) is 18.2 Å². The minimum Gasteiger partial charge on any atom is -0.507 e. The predicted molar refractivity (Wildman–Crippen MR) is 128 cm³/mol. The summed E-state index contributed by atoms with van der Waals surface area (Å²) in [6, 6.07) is 19.5. The second-order valence-electron chi connectivity index (χ2n) is 7.30. The van der Waals surface area contributed by atoms with Gasteiger partial charge < -0.3 is 5.11 Å². The summed E-state index contributed by atoms with van der Waals surface area (Å²) in [5.74, 6) is -1.98. The van der Waals surface area contributed by atoms with Crippen LogP contribution in [-0.2, 0) is 9.59 Å². The molecule has 3 aromatic rings. The van der Waals surface area contributed by atoms with Crippen LogP contribution in [-0.4, -0.2) is 28.5 Å². The lowest BCUT2D eigenvalue weighted by Crippen LogP contribution is -2.39. The molecular formula is C25H22ClN3O4. The molecule has 3 aromatic carbocycles. The number of halogens is 1. The Hall–Kier alpha value is -3.97. The second kappa shape index (κ2) is 10.6. The lowest BCUT2D eigenvalue weighted by atomic mass is 10.1. The van der Waals surface area contributed by atoms with Crippen LogP contribution in [0.15, 0.2) is 77.9 Å². The van der Waals surface area contributed by atoms with Gasteiger partial charge in [-0.15, -0.1) is 0 Å². The quantitative estimate of drug-likeness (QED) is 0.320. The van der Waals surface area contributed by atoms with E-state index >= 15 is 0 Å². The normalized spacial score (nSPS) is 11.1. The maximum Gasteiger partial charge on any atom is 0.265 e. The zero-order chi connectivity index (χ0) is 24.0. The van der Waals surface area contributed by atoms with Crippen LogP contribution in [0.4, 0.5) is 5.69 Å². The number of para-hydroxylation sites is 1. The fraction of sp³-hybridized carbons (Fsp3) is 0.120. The first-order valence-corrected chi connectivity index (χ1v) is 10.4. The molecule has 0 aliphatic carbocycles. The van der Waals surface area contributed by atoms with E-state index < -0.39 is 24.1 Å². The standard InChI is InChI=1S/C25H22ClN3O4/c1-16-7-13-20(14-8-16)29(25(33)18-9-11-19(26)12-10-18)24(32)15-23(31)28-27-17(2)21-5-3-4-6-22(21)30/h3-14,30H,15H2,1-2H3,(H,28,31)/b27-17-. The number of hydrogen-bond acceptors (Lipinski definition) is 5. The Morgan fingerprint density at radius 2 is 1.61 bits per heavy atom. The molecule has 0 unspecified atom stereocenters. The molecule has 0 heterocycles. The summed E-state index contributed by atoms with van der Waals surface area (Å²) < 4.78 is 0. The smallest absolute Gasteiger partial charge is 0.265 e. The van der Waals surface area contributed by atoms with Crippen molar-refractivity contribution in [3.63, 3.8) is 0 Å². The number of carbonyl (C=O) groups is 3. The molecule has 7 nitrogen and oxygen atoms in total. The SMILES string of the molecule is C/C(=N/NC(=O)CC(=O)N(C(=O)c1ccc(Cl)cc1)c1ccc(C)cc1)c1ccccc1O. The Morgan fingerprint density at radius 1 is 0.970 bits per heavy atom. The molecule has 3 rings (SSSR count). The zero-order valence-electron chi connectivity index (χ0n) is 18.1. The minimum absolute atomic E-state index is 0.0168. The molecular weight excluding hydrogens is 442 g/mol. The molecule has 0 saturated heterocycles. The largest absolute Gasteiger partial charge is 0.507 e. The first kappa shape index (κ1) is 23.7. The van der Waals surface area contributed by atoms with Crippen molar-refractivity contribution >= 4 is 40.7 Å². The van der Waals surface area contributed by atoms with Gasteiger partial charge in [0.15, 0.2) is 0 Å². The monoisotopic (exact) mass is 463 g/mol. The Labute approximate surface area is 196 Å². The summed E-state index contributed by atoms with van der Waals surface area (Å²) in [5, 5.41) is 14.3. The third-order valence-electron chi connectivity index (χ3n) is 4.79. The van der Waals surface area contributed by atoms with Gasteiger partial charge in [0, 0.05) is 16.1 Å². The summed E-state index contributed by atoms with van der Waals surface area (Å²) in [6.07, 6.45) is -0.606. The molecule has 0 spiro atoms. The van der Waals surface area contributed by atoms with E-state index in [2.05, 4.69) is 10.5 Å². The van der Waals surface area contributed by atoms with Crippen molar-refractivity contribution in [1.82, 2.24) is 5.43 Å². The molecule has 0 saturated carbocycles. The van der Waals surface area contributed by atoms with E-state index in [-0.39, 0.29) is 11.3 Å². The van der Waals surface area contributed by atoms with Crippen LogP contribution in [0, 0.1) is 6.92 Å². The van der Waals surface area contributed by atoms with Gasteiger partial charge in [-0.2, -0.15) is 5.10 Å². The first-order chi connectivity index (χ1) is 15.8. The molecule has 33 heavy (non-hydrogen) atoms. The topological polar surface area (TPSA) is 99.1 Å². The summed E-state index contributed by atoms with van der Waals surface area (Å²) in [7, 11) is 0. The van der Waals surface area contributed by atoms with Crippen molar-refractivity contribution in [3.05, 3.63) is 94.5 Å². The average Bonchev–Trinajstić information content (AvgIpc) is 2.79. The number of hydrazone groups is 1. The Morgan fingerprint density at radius 3 is 2.24 bits per heavy atom. The van der Waals surface area contributed by atoms with Crippen LogP contribution in [0.2, 0.25) is 5.02 Å². The van der Waals surface area contributed by atoms with Crippen LogP contribution in [0.1, 0.15) is 34.8 Å². The fourth-order valence-electron chi connectivity index (χ4n) is 3.03. The van der Waals surface area contributed by atoms with E-state index in [9.17, 15) is 19.5 Å². The highest BCUT2D eigenvalue weighted by atomic mass is 35.5. The van der Waals surface area contributed by atoms with Gasteiger partial charge >= 0.3 is 0 Å². The molecule has 0 aliphatic rings. The number of nitrogens with one attached hydrogen (secondary N) is 1. The van der Waals surface area contributed by atoms with Crippen LogP contribution in [0.25, 0.3) is 0 Å². The molecule has 8 heteroatoms. The lowest BCUT2D eigenvalue weighted by Gasteiger charge is -2.21. The predicted octanol–water partition coefficient (Wildman–Crippen LogP) is 4.46. The first-order valence-electron chi connectivity index (χ1n) is 10.1. The summed E-state index contributed by atoms with van der Waals surface area (Å²) in [5.41, 5.74) is 4.66. The Kier molecular flexibility index (Phi) is 7.58. The van der Waals surface area contributed by atoms with Crippen LogP contribution < -0.4 is 10.3 Å². The molecule has 3 amide bonds. The Bertz CT molecular complexity index is 1210. The van der Waals surface area contributed by atoms with Gasteiger partial charge in [0.25, 0.3) is 5.91 Å². The third-order valence-corrected chi connectivity index (χ3v) is 5.04. The van der Waals surface area contributed by atoms with Crippen LogP contribution >= 0.6 is 11.6 Å². The van der Waals surface area contributed by atoms with Crippen molar-refractivity contribution in [3.8, 4) is 5.75 Å². The van der Waals surface area contributed by atoms with E-state index in [0.29, 0.717) is 22.0 Å². The second-order valence-corrected chi connectivity index (χ2v) is 7.74. The highest BCUT2D eigenvalue weighted by molar-refractivity contribution is 6.31. The van der Waals surface area contributed by atoms with Gasteiger partial charge in [-0.1, -0.05) is 41.4 Å².